The molecule has 20 heavy (non-hydrogen) atoms. The van der Waals surface area contributed by atoms with Gasteiger partial charge in [0.25, 0.3) is 0 Å². The molecule has 1 aromatic carbocycles. The number of rotatable bonds is 6. The lowest BCUT2D eigenvalue weighted by molar-refractivity contribution is 0.143. The van der Waals surface area contributed by atoms with Gasteiger partial charge in [0.1, 0.15) is 5.75 Å². The molecule has 112 valence electrons. The molecule has 0 bridgehead atoms. The van der Waals surface area contributed by atoms with Gasteiger partial charge >= 0.3 is 0 Å². The standard InChI is InChI=1S/C17H27NO2/c1-13(2)14-5-3-7-16(11-14)20-10-8-15-6-4-9-17(15,18)12-19/h3,5,7,11,13,15,19H,4,6,8-10,12,18H2,1-2H3. The quantitative estimate of drug-likeness (QED) is 0.840. The van der Waals surface area contributed by atoms with Crippen LogP contribution in [0.5, 0.6) is 5.75 Å². The summed E-state index contributed by atoms with van der Waals surface area (Å²) in [7, 11) is 0. The van der Waals surface area contributed by atoms with E-state index in [0.29, 0.717) is 18.4 Å². The molecule has 1 aromatic rings. The third kappa shape index (κ3) is 3.53. The Hall–Kier alpha value is -1.06. The molecule has 3 heteroatoms. The Morgan fingerprint density at radius 3 is 2.95 bits per heavy atom. The second-order valence-corrected chi connectivity index (χ2v) is 6.34. The number of aliphatic hydroxyl groups is 1. The largest absolute Gasteiger partial charge is 0.494 e. The zero-order valence-corrected chi connectivity index (χ0v) is 12.6. The second-order valence-electron chi connectivity index (χ2n) is 6.34. The summed E-state index contributed by atoms with van der Waals surface area (Å²) < 4.78 is 5.86. The van der Waals surface area contributed by atoms with Crippen LogP contribution in [0.25, 0.3) is 0 Å². The van der Waals surface area contributed by atoms with E-state index in [1.807, 2.05) is 12.1 Å². The normalized spacial score (nSPS) is 26.1. The van der Waals surface area contributed by atoms with Gasteiger partial charge in [-0.1, -0.05) is 32.4 Å². The first kappa shape index (κ1) is 15.3. The van der Waals surface area contributed by atoms with E-state index in [9.17, 15) is 5.11 Å². The molecule has 3 nitrogen and oxygen atoms in total. The third-order valence-corrected chi connectivity index (χ3v) is 4.56. The Balaban J connectivity index is 1.85. The zero-order chi connectivity index (χ0) is 14.6. The van der Waals surface area contributed by atoms with Gasteiger partial charge in [-0.25, -0.2) is 0 Å². The molecule has 1 fully saturated rings. The fraction of sp³-hybridized carbons (Fsp3) is 0.647. The number of nitrogens with two attached hydrogens (primary N) is 1. The first-order valence-corrected chi connectivity index (χ1v) is 7.67. The summed E-state index contributed by atoms with van der Waals surface area (Å²) >= 11 is 0. The average molecular weight is 277 g/mol. The highest BCUT2D eigenvalue weighted by Gasteiger charge is 2.38. The lowest BCUT2D eigenvalue weighted by Gasteiger charge is -2.29. The highest BCUT2D eigenvalue weighted by Crippen LogP contribution is 2.35. The minimum absolute atomic E-state index is 0.0838. The number of ether oxygens (including phenoxy) is 1. The topological polar surface area (TPSA) is 55.5 Å². The Kier molecular flexibility index (Phi) is 5.06. The molecular formula is C17H27NO2. The van der Waals surface area contributed by atoms with Gasteiger partial charge in [0, 0.05) is 5.54 Å². The van der Waals surface area contributed by atoms with Crippen LogP contribution < -0.4 is 10.5 Å². The first-order valence-electron chi connectivity index (χ1n) is 7.67. The lowest BCUT2D eigenvalue weighted by atomic mass is 9.87. The van der Waals surface area contributed by atoms with Crippen molar-refractivity contribution in [2.45, 2.75) is 51.0 Å². The maximum absolute atomic E-state index is 9.44. The maximum Gasteiger partial charge on any atom is 0.119 e. The van der Waals surface area contributed by atoms with Crippen LogP contribution in [-0.2, 0) is 0 Å². The summed E-state index contributed by atoms with van der Waals surface area (Å²) in [6.45, 7) is 5.12. The fourth-order valence-electron chi connectivity index (χ4n) is 3.09. The van der Waals surface area contributed by atoms with Crippen LogP contribution in [0.1, 0.15) is 51.0 Å². The van der Waals surface area contributed by atoms with Crippen LogP contribution in [0.15, 0.2) is 24.3 Å². The Morgan fingerprint density at radius 2 is 2.25 bits per heavy atom. The molecule has 3 N–H and O–H groups in total. The molecule has 1 aliphatic carbocycles. The van der Waals surface area contributed by atoms with E-state index in [-0.39, 0.29) is 12.1 Å². The van der Waals surface area contributed by atoms with Crippen molar-refractivity contribution in [2.24, 2.45) is 11.7 Å². The zero-order valence-electron chi connectivity index (χ0n) is 12.6. The number of hydrogen-bond donors (Lipinski definition) is 2. The number of benzene rings is 1. The predicted molar refractivity (Wildman–Crippen MR) is 82.0 cm³/mol. The monoisotopic (exact) mass is 277 g/mol. The molecule has 0 aliphatic heterocycles. The van der Waals surface area contributed by atoms with Crippen molar-refractivity contribution in [3.8, 4) is 5.75 Å². The summed E-state index contributed by atoms with van der Waals surface area (Å²) in [5, 5.41) is 9.44. The van der Waals surface area contributed by atoms with Crippen molar-refractivity contribution in [1.82, 2.24) is 0 Å². The van der Waals surface area contributed by atoms with Crippen LogP contribution in [0.3, 0.4) is 0 Å². The van der Waals surface area contributed by atoms with Crippen LogP contribution >= 0.6 is 0 Å². The molecule has 0 saturated heterocycles. The van der Waals surface area contributed by atoms with Gasteiger partial charge in [-0.05, 0) is 48.8 Å². The van der Waals surface area contributed by atoms with Crippen molar-refractivity contribution in [1.29, 1.82) is 0 Å². The van der Waals surface area contributed by atoms with E-state index >= 15 is 0 Å². The number of aliphatic hydroxyl groups excluding tert-OH is 1. The maximum atomic E-state index is 9.44. The Labute approximate surface area is 122 Å². The van der Waals surface area contributed by atoms with Crippen LogP contribution in [0, 0.1) is 5.92 Å². The lowest BCUT2D eigenvalue weighted by Crippen LogP contribution is -2.47. The molecule has 2 atom stereocenters. The van der Waals surface area contributed by atoms with E-state index < -0.39 is 0 Å². The minimum Gasteiger partial charge on any atom is -0.494 e. The molecule has 0 heterocycles. The van der Waals surface area contributed by atoms with Crippen molar-refractivity contribution in [3.63, 3.8) is 0 Å². The van der Waals surface area contributed by atoms with Crippen molar-refractivity contribution in [2.75, 3.05) is 13.2 Å². The first-order chi connectivity index (χ1) is 9.55. The molecule has 2 rings (SSSR count). The van der Waals surface area contributed by atoms with E-state index in [4.69, 9.17) is 10.5 Å². The highest BCUT2D eigenvalue weighted by atomic mass is 16.5. The van der Waals surface area contributed by atoms with Gasteiger partial charge < -0.3 is 15.6 Å². The molecule has 0 radical (unpaired) electrons. The molecular weight excluding hydrogens is 250 g/mol. The van der Waals surface area contributed by atoms with Gasteiger partial charge in [0.05, 0.1) is 13.2 Å². The van der Waals surface area contributed by atoms with Crippen LogP contribution in [-0.4, -0.2) is 23.9 Å². The minimum atomic E-state index is -0.386. The molecule has 1 aliphatic rings. The van der Waals surface area contributed by atoms with E-state index in [1.165, 1.54) is 5.56 Å². The van der Waals surface area contributed by atoms with Crippen LogP contribution in [0.4, 0.5) is 0 Å². The number of hydrogen-bond acceptors (Lipinski definition) is 3. The Bertz CT molecular complexity index is 433. The van der Waals surface area contributed by atoms with Crippen molar-refractivity contribution < 1.29 is 9.84 Å². The molecule has 0 amide bonds. The van der Waals surface area contributed by atoms with E-state index in [2.05, 4.69) is 26.0 Å². The van der Waals surface area contributed by atoms with Gasteiger partial charge in [-0.15, -0.1) is 0 Å². The summed E-state index contributed by atoms with van der Waals surface area (Å²) in [6, 6.07) is 8.29. The van der Waals surface area contributed by atoms with Crippen molar-refractivity contribution in [3.05, 3.63) is 29.8 Å². The van der Waals surface area contributed by atoms with E-state index in [1.54, 1.807) is 0 Å². The summed E-state index contributed by atoms with van der Waals surface area (Å²) in [5.41, 5.74) is 7.15. The molecule has 2 unspecified atom stereocenters. The third-order valence-electron chi connectivity index (χ3n) is 4.56. The van der Waals surface area contributed by atoms with Gasteiger partial charge in [0.15, 0.2) is 0 Å². The van der Waals surface area contributed by atoms with Gasteiger partial charge in [-0.3, -0.25) is 0 Å². The SMILES string of the molecule is CC(C)c1cccc(OCCC2CCCC2(N)CO)c1. The fourth-order valence-corrected chi connectivity index (χ4v) is 3.09. The average Bonchev–Trinajstić information content (AvgIpc) is 2.81. The van der Waals surface area contributed by atoms with Crippen molar-refractivity contribution >= 4 is 0 Å². The summed E-state index contributed by atoms with van der Waals surface area (Å²) in [5.74, 6) is 1.82. The molecule has 1 saturated carbocycles. The smallest absolute Gasteiger partial charge is 0.119 e. The van der Waals surface area contributed by atoms with Gasteiger partial charge in [-0.2, -0.15) is 0 Å². The summed E-state index contributed by atoms with van der Waals surface area (Å²) in [4.78, 5) is 0. The molecule has 0 aromatic heterocycles. The summed E-state index contributed by atoms with van der Waals surface area (Å²) in [6.07, 6.45) is 4.07. The van der Waals surface area contributed by atoms with Gasteiger partial charge in [0.2, 0.25) is 0 Å². The molecule has 0 spiro atoms. The Morgan fingerprint density at radius 1 is 1.45 bits per heavy atom. The van der Waals surface area contributed by atoms with Crippen LogP contribution in [0.2, 0.25) is 0 Å². The van der Waals surface area contributed by atoms with E-state index in [0.717, 1.165) is 31.4 Å². The highest BCUT2D eigenvalue weighted by molar-refractivity contribution is 5.30. The second kappa shape index (κ2) is 6.59. The predicted octanol–water partition coefficient (Wildman–Crippen LogP) is 3.07.